The Labute approximate surface area is 118 Å². The first-order chi connectivity index (χ1) is 8.76. The van der Waals surface area contributed by atoms with Crippen LogP contribution < -0.4 is 16.2 Å². The molecule has 0 unspecified atom stereocenters. The number of hydrogen-bond acceptors (Lipinski definition) is 6. The first kappa shape index (κ1) is 14.9. The Kier molecular flexibility index (Phi) is 4.33. The van der Waals surface area contributed by atoms with Gasteiger partial charge in [0.05, 0.1) is 23.0 Å². The van der Waals surface area contributed by atoms with Crippen molar-refractivity contribution in [1.82, 2.24) is 16.2 Å². The molecule has 2 saturated heterocycles. The Hall–Kier alpha value is -0.450. The van der Waals surface area contributed by atoms with Crippen LogP contribution in [0.4, 0.5) is 0 Å². The van der Waals surface area contributed by atoms with Crippen molar-refractivity contribution in [1.29, 1.82) is 0 Å². The molecule has 0 aromatic rings. The number of thiocarbonyl (C=S) groups is 1. The second kappa shape index (κ2) is 5.51. The maximum Gasteiger partial charge on any atom is 0.181 e. The van der Waals surface area contributed by atoms with Crippen LogP contribution in [0.5, 0.6) is 0 Å². The topological polar surface area (TPSA) is 104 Å². The predicted octanol–water partition coefficient (Wildman–Crippen LogP) is -1.67. The van der Waals surface area contributed by atoms with Crippen LogP contribution in [0, 0.1) is 0 Å². The van der Waals surface area contributed by atoms with Crippen LogP contribution in [-0.2, 0) is 19.7 Å². The summed E-state index contributed by atoms with van der Waals surface area (Å²) in [5.74, 6) is 0.558. The summed E-state index contributed by atoms with van der Waals surface area (Å²) in [6.45, 7) is 0. The fourth-order valence-electron chi connectivity index (χ4n) is 2.21. The SMILES string of the molecule is O=S1(=O)CC[C@H](NNC(=S)N[C@@H]2CCS(=O)(=O)C2)C1. The summed E-state index contributed by atoms with van der Waals surface area (Å²) in [6, 6.07) is -0.323. The molecule has 0 aromatic carbocycles. The maximum absolute atomic E-state index is 11.3. The molecule has 10 heteroatoms. The lowest BCUT2D eigenvalue weighted by molar-refractivity contribution is 0.518. The third-order valence-electron chi connectivity index (χ3n) is 3.19. The first-order valence-electron chi connectivity index (χ1n) is 5.99. The zero-order chi connectivity index (χ0) is 14.1. The molecule has 2 heterocycles. The lowest BCUT2D eigenvalue weighted by Gasteiger charge is -2.17. The fraction of sp³-hybridized carbons (Fsp3) is 0.889. The minimum atomic E-state index is -2.94. The number of hydrogen-bond donors (Lipinski definition) is 3. The van der Waals surface area contributed by atoms with E-state index in [1.807, 2.05) is 0 Å². The van der Waals surface area contributed by atoms with Gasteiger partial charge in [-0.2, -0.15) is 0 Å². The molecule has 0 bridgehead atoms. The third-order valence-corrected chi connectivity index (χ3v) is 6.95. The molecular formula is C9H17N3O4S3. The average molecular weight is 327 g/mol. The Bertz CT molecular complexity index is 557. The lowest BCUT2D eigenvalue weighted by atomic mass is 10.3. The van der Waals surface area contributed by atoms with Crippen LogP contribution in [0.2, 0.25) is 0 Å². The lowest BCUT2D eigenvalue weighted by Crippen LogP contribution is -2.51. The van der Waals surface area contributed by atoms with E-state index >= 15 is 0 Å². The van der Waals surface area contributed by atoms with Gasteiger partial charge < -0.3 is 5.32 Å². The van der Waals surface area contributed by atoms with E-state index in [-0.39, 0.29) is 35.1 Å². The molecule has 0 radical (unpaired) electrons. The number of sulfone groups is 2. The van der Waals surface area contributed by atoms with Gasteiger partial charge in [-0.1, -0.05) is 0 Å². The molecule has 0 saturated carbocycles. The van der Waals surface area contributed by atoms with Gasteiger partial charge >= 0.3 is 0 Å². The smallest absolute Gasteiger partial charge is 0.181 e. The van der Waals surface area contributed by atoms with Crippen molar-refractivity contribution < 1.29 is 16.8 Å². The molecule has 2 aliphatic heterocycles. The van der Waals surface area contributed by atoms with Crippen LogP contribution in [-0.4, -0.2) is 57.0 Å². The van der Waals surface area contributed by atoms with Gasteiger partial charge in [0.1, 0.15) is 0 Å². The Balaban J connectivity index is 1.71. The number of hydrazine groups is 1. The van der Waals surface area contributed by atoms with E-state index in [0.717, 1.165) is 0 Å². The van der Waals surface area contributed by atoms with E-state index in [1.54, 1.807) is 0 Å². The van der Waals surface area contributed by atoms with Crippen molar-refractivity contribution in [2.45, 2.75) is 24.9 Å². The van der Waals surface area contributed by atoms with Gasteiger partial charge in [0.2, 0.25) is 0 Å². The molecule has 2 aliphatic rings. The Morgan fingerprint density at radius 2 is 1.47 bits per heavy atom. The number of nitrogens with one attached hydrogen (secondary N) is 3. The normalized spacial score (nSPS) is 32.0. The van der Waals surface area contributed by atoms with Crippen molar-refractivity contribution in [3.63, 3.8) is 0 Å². The highest BCUT2D eigenvalue weighted by Gasteiger charge is 2.29. The molecule has 2 fully saturated rings. The second-order valence-electron chi connectivity index (χ2n) is 4.94. The van der Waals surface area contributed by atoms with Gasteiger partial charge in [0.25, 0.3) is 0 Å². The highest BCUT2D eigenvalue weighted by atomic mass is 32.2. The number of rotatable bonds is 3. The van der Waals surface area contributed by atoms with E-state index in [4.69, 9.17) is 12.2 Å². The van der Waals surface area contributed by atoms with Gasteiger partial charge in [0.15, 0.2) is 24.8 Å². The summed E-state index contributed by atoms with van der Waals surface area (Å²) in [6.07, 6.45) is 1.09. The molecule has 3 N–H and O–H groups in total. The van der Waals surface area contributed by atoms with Crippen molar-refractivity contribution in [3.05, 3.63) is 0 Å². The molecule has 7 nitrogen and oxygen atoms in total. The van der Waals surface area contributed by atoms with E-state index in [0.29, 0.717) is 18.0 Å². The zero-order valence-electron chi connectivity index (χ0n) is 10.3. The van der Waals surface area contributed by atoms with Crippen molar-refractivity contribution in [2.75, 3.05) is 23.0 Å². The monoisotopic (exact) mass is 327 g/mol. The van der Waals surface area contributed by atoms with Gasteiger partial charge in [-0.05, 0) is 25.1 Å². The van der Waals surface area contributed by atoms with Gasteiger partial charge in [-0.15, -0.1) is 0 Å². The summed E-state index contributed by atoms with van der Waals surface area (Å²) in [4.78, 5) is 0. The first-order valence-corrected chi connectivity index (χ1v) is 10.0. The van der Waals surface area contributed by atoms with Crippen LogP contribution in [0.1, 0.15) is 12.8 Å². The minimum Gasteiger partial charge on any atom is -0.358 e. The molecule has 110 valence electrons. The summed E-state index contributed by atoms with van der Waals surface area (Å²) >= 11 is 5.03. The molecule has 2 rings (SSSR count). The maximum atomic E-state index is 11.3. The average Bonchev–Trinajstić information content (AvgIpc) is 2.78. The van der Waals surface area contributed by atoms with E-state index < -0.39 is 19.7 Å². The van der Waals surface area contributed by atoms with Gasteiger partial charge in [0, 0.05) is 12.1 Å². The highest BCUT2D eigenvalue weighted by molar-refractivity contribution is 7.92. The zero-order valence-corrected chi connectivity index (χ0v) is 12.7. The minimum absolute atomic E-state index is 0.0899. The summed E-state index contributed by atoms with van der Waals surface area (Å²) in [5, 5.41) is 3.21. The molecular weight excluding hydrogens is 310 g/mol. The van der Waals surface area contributed by atoms with Gasteiger partial charge in [-0.25, -0.2) is 22.3 Å². The second-order valence-corrected chi connectivity index (χ2v) is 9.81. The highest BCUT2D eigenvalue weighted by Crippen LogP contribution is 2.11. The quantitative estimate of drug-likeness (QED) is 0.417. The molecule has 0 spiro atoms. The Morgan fingerprint density at radius 1 is 0.947 bits per heavy atom. The molecule has 2 atom stereocenters. The van der Waals surface area contributed by atoms with Crippen LogP contribution in [0.15, 0.2) is 0 Å². The van der Waals surface area contributed by atoms with Crippen molar-refractivity contribution in [3.8, 4) is 0 Å². The third kappa shape index (κ3) is 4.55. The van der Waals surface area contributed by atoms with Crippen molar-refractivity contribution in [2.24, 2.45) is 0 Å². The summed E-state index contributed by atoms with van der Waals surface area (Å²) < 4.78 is 45.1. The molecule has 0 aromatic heterocycles. The largest absolute Gasteiger partial charge is 0.358 e. The van der Waals surface area contributed by atoms with E-state index in [1.165, 1.54) is 0 Å². The van der Waals surface area contributed by atoms with Crippen LogP contribution >= 0.6 is 12.2 Å². The summed E-state index contributed by atoms with van der Waals surface area (Å²) in [5.41, 5.74) is 5.58. The van der Waals surface area contributed by atoms with Crippen molar-refractivity contribution >= 4 is 37.0 Å². The molecule has 0 aliphatic carbocycles. The van der Waals surface area contributed by atoms with E-state index in [2.05, 4.69) is 16.2 Å². The molecule has 19 heavy (non-hydrogen) atoms. The standard InChI is InChI=1S/C9H17N3O4S3/c13-18(14)3-1-7(5-18)10-9(17)12-11-8-2-4-19(15,16)6-8/h7-8,11H,1-6H2,(H2,10,12,17)/t7-,8+/m1/s1. The van der Waals surface area contributed by atoms with E-state index in [9.17, 15) is 16.8 Å². The fourth-order valence-corrected chi connectivity index (χ4v) is 5.78. The van der Waals surface area contributed by atoms with Crippen LogP contribution in [0.25, 0.3) is 0 Å². The van der Waals surface area contributed by atoms with Crippen LogP contribution in [0.3, 0.4) is 0 Å². The van der Waals surface area contributed by atoms with Gasteiger partial charge in [-0.3, -0.25) is 5.43 Å². The molecule has 0 amide bonds. The Morgan fingerprint density at radius 3 is 1.95 bits per heavy atom. The summed E-state index contributed by atoms with van der Waals surface area (Å²) in [7, 11) is -5.86. The predicted molar refractivity (Wildman–Crippen MR) is 76.1 cm³/mol.